The third kappa shape index (κ3) is 3.14. The highest BCUT2D eigenvalue weighted by atomic mass is 16.5. The van der Waals surface area contributed by atoms with Gasteiger partial charge in [0.2, 0.25) is 0 Å². The maximum Gasteiger partial charge on any atom is 0.341 e. The lowest BCUT2D eigenvalue weighted by atomic mass is 9.90. The van der Waals surface area contributed by atoms with Crippen molar-refractivity contribution in [2.24, 2.45) is 0 Å². The molecule has 1 aliphatic rings. The van der Waals surface area contributed by atoms with E-state index >= 15 is 0 Å². The van der Waals surface area contributed by atoms with Gasteiger partial charge in [-0.25, -0.2) is 4.79 Å². The Morgan fingerprint density at radius 3 is 2.41 bits per heavy atom. The minimum Gasteiger partial charge on any atom is -0.488 e. The van der Waals surface area contributed by atoms with Crippen molar-refractivity contribution >= 4 is 5.97 Å². The Morgan fingerprint density at radius 1 is 1.05 bits per heavy atom. The van der Waals surface area contributed by atoms with Crippen molar-refractivity contribution in [2.75, 3.05) is 7.11 Å². The van der Waals surface area contributed by atoms with Crippen molar-refractivity contribution in [3.63, 3.8) is 0 Å². The van der Waals surface area contributed by atoms with Gasteiger partial charge in [0, 0.05) is 0 Å². The van der Waals surface area contributed by atoms with E-state index in [1.165, 1.54) is 31.1 Å². The first-order chi connectivity index (χ1) is 10.8. The van der Waals surface area contributed by atoms with Gasteiger partial charge in [0.1, 0.15) is 17.9 Å². The maximum absolute atomic E-state index is 12.0. The van der Waals surface area contributed by atoms with Crippen LogP contribution in [0.3, 0.4) is 0 Å². The number of ether oxygens (including phenoxy) is 2. The van der Waals surface area contributed by atoms with Gasteiger partial charge in [-0.1, -0.05) is 30.3 Å². The van der Waals surface area contributed by atoms with E-state index in [0.717, 1.165) is 18.4 Å². The molecule has 0 spiro atoms. The molecule has 0 radical (unpaired) electrons. The Bertz CT molecular complexity index is 662. The van der Waals surface area contributed by atoms with Crippen molar-refractivity contribution in [2.45, 2.75) is 32.3 Å². The lowest BCUT2D eigenvalue weighted by molar-refractivity contribution is 0.0595. The molecule has 0 bridgehead atoms. The molecule has 3 heteroatoms. The topological polar surface area (TPSA) is 35.5 Å². The Labute approximate surface area is 130 Å². The molecule has 2 aromatic carbocycles. The SMILES string of the molecule is COC(=O)c1cc2c(cc1OCc1ccccc1)CCCC2. The van der Waals surface area contributed by atoms with Crippen LogP contribution in [-0.2, 0) is 24.2 Å². The summed E-state index contributed by atoms with van der Waals surface area (Å²) in [6.07, 6.45) is 4.46. The minimum absolute atomic E-state index is 0.337. The number of methoxy groups -OCH3 is 1. The minimum atomic E-state index is -0.337. The summed E-state index contributed by atoms with van der Waals surface area (Å²) < 4.78 is 10.8. The average Bonchev–Trinajstić information content (AvgIpc) is 2.59. The van der Waals surface area contributed by atoms with E-state index in [9.17, 15) is 4.79 Å². The molecule has 0 saturated carbocycles. The molecule has 3 rings (SSSR count). The van der Waals surface area contributed by atoms with E-state index < -0.39 is 0 Å². The Kier molecular flexibility index (Phi) is 4.42. The van der Waals surface area contributed by atoms with Crippen LogP contribution in [0.15, 0.2) is 42.5 Å². The zero-order valence-corrected chi connectivity index (χ0v) is 12.8. The van der Waals surface area contributed by atoms with Gasteiger partial charge >= 0.3 is 5.97 Å². The fourth-order valence-corrected chi connectivity index (χ4v) is 2.89. The quantitative estimate of drug-likeness (QED) is 0.802. The Morgan fingerprint density at radius 2 is 1.73 bits per heavy atom. The van der Waals surface area contributed by atoms with E-state index in [1.807, 2.05) is 42.5 Å². The van der Waals surface area contributed by atoms with Crippen LogP contribution in [0.4, 0.5) is 0 Å². The van der Waals surface area contributed by atoms with Gasteiger partial charge < -0.3 is 9.47 Å². The summed E-state index contributed by atoms with van der Waals surface area (Å²) in [6.45, 7) is 0.448. The first-order valence-corrected chi connectivity index (χ1v) is 7.69. The maximum atomic E-state index is 12.0. The molecule has 3 nitrogen and oxygen atoms in total. The summed E-state index contributed by atoms with van der Waals surface area (Å²) in [5.74, 6) is 0.285. The van der Waals surface area contributed by atoms with E-state index in [1.54, 1.807) is 0 Å². The van der Waals surface area contributed by atoms with E-state index in [0.29, 0.717) is 17.9 Å². The number of aryl methyl sites for hydroxylation is 2. The monoisotopic (exact) mass is 296 g/mol. The van der Waals surface area contributed by atoms with Crippen LogP contribution in [-0.4, -0.2) is 13.1 Å². The molecule has 0 aromatic heterocycles. The lowest BCUT2D eigenvalue weighted by Crippen LogP contribution is -2.10. The first kappa shape index (κ1) is 14.6. The molecule has 2 aromatic rings. The summed E-state index contributed by atoms with van der Waals surface area (Å²) in [7, 11) is 1.41. The summed E-state index contributed by atoms with van der Waals surface area (Å²) in [5.41, 5.74) is 4.15. The van der Waals surface area contributed by atoms with Crippen molar-refractivity contribution in [3.05, 3.63) is 64.7 Å². The number of benzene rings is 2. The largest absolute Gasteiger partial charge is 0.488 e. The van der Waals surface area contributed by atoms with Crippen molar-refractivity contribution in [1.29, 1.82) is 0 Å². The number of esters is 1. The molecule has 0 fully saturated rings. The van der Waals surface area contributed by atoms with E-state index in [2.05, 4.69) is 0 Å². The Balaban J connectivity index is 1.88. The van der Waals surface area contributed by atoms with Gasteiger partial charge in [-0.15, -0.1) is 0 Å². The van der Waals surface area contributed by atoms with Crippen molar-refractivity contribution in [1.82, 2.24) is 0 Å². The van der Waals surface area contributed by atoms with Crippen molar-refractivity contribution in [3.8, 4) is 5.75 Å². The third-order valence-corrected chi connectivity index (χ3v) is 4.09. The second-order valence-corrected chi connectivity index (χ2v) is 5.59. The van der Waals surface area contributed by atoms with E-state index in [4.69, 9.17) is 9.47 Å². The smallest absolute Gasteiger partial charge is 0.341 e. The highest BCUT2D eigenvalue weighted by Gasteiger charge is 2.19. The molecular weight excluding hydrogens is 276 g/mol. The molecule has 0 saturated heterocycles. The number of hydrogen-bond donors (Lipinski definition) is 0. The van der Waals surface area contributed by atoms with Crippen LogP contribution >= 0.6 is 0 Å². The van der Waals surface area contributed by atoms with Crippen LogP contribution in [0.1, 0.15) is 39.9 Å². The molecule has 0 N–H and O–H groups in total. The second kappa shape index (κ2) is 6.65. The Hall–Kier alpha value is -2.29. The molecule has 1 aliphatic carbocycles. The zero-order valence-electron chi connectivity index (χ0n) is 12.8. The molecule has 0 heterocycles. The van der Waals surface area contributed by atoms with Gasteiger partial charge in [0.15, 0.2) is 0 Å². The fourth-order valence-electron chi connectivity index (χ4n) is 2.89. The molecule has 114 valence electrons. The van der Waals surface area contributed by atoms with Crippen LogP contribution in [0.25, 0.3) is 0 Å². The normalized spacial score (nSPS) is 13.3. The molecule has 0 aliphatic heterocycles. The predicted octanol–water partition coefficient (Wildman–Crippen LogP) is 3.93. The zero-order chi connectivity index (χ0) is 15.4. The summed E-state index contributed by atoms with van der Waals surface area (Å²) >= 11 is 0. The van der Waals surface area contributed by atoms with Gasteiger partial charge in [0.05, 0.1) is 7.11 Å². The lowest BCUT2D eigenvalue weighted by Gasteiger charge is -2.19. The highest BCUT2D eigenvalue weighted by Crippen LogP contribution is 2.30. The summed E-state index contributed by atoms with van der Waals surface area (Å²) in [5, 5.41) is 0. The van der Waals surface area contributed by atoms with Crippen molar-refractivity contribution < 1.29 is 14.3 Å². The molecule has 0 atom stereocenters. The highest BCUT2D eigenvalue weighted by molar-refractivity contribution is 5.93. The number of carbonyl (C=O) groups excluding carboxylic acids is 1. The summed E-state index contributed by atoms with van der Waals surface area (Å²) in [6, 6.07) is 13.9. The first-order valence-electron chi connectivity index (χ1n) is 7.69. The second-order valence-electron chi connectivity index (χ2n) is 5.59. The van der Waals surface area contributed by atoms with Gasteiger partial charge in [-0.2, -0.15) is 0 Å². The van der Waals surface area contributed by atoms with E-state index in [-0.39, 0.29) is 5.97 Å². The predicted molar refractivity (Wildman–Crippen MR) is 85.2 cm³/mol. The average molecular weight is 296 g/mol. The van der Waals surface area contributed by atoms with Crippen LogP contribution in [0, 0.1) is 0 Å². The number of hydrogen-bond acceptors (Lipinski definition) is 3. The molecule has 0 unspecified atom stereocenters. The van der Waals surface area contributed by atoms with Gasteiger partial charge in [-0.3, -0.25) is 0 Å². The van der Waals surface area contributed by atoms with Crippen LogP contribution in [0.5, 0.6) is 5.75 Å². The molecule has 22 heavy (non-hydrogen) atoms. The van der Waals surface area contributed by atoms with Crippen LogP contribution in [0.2, 0.25) is 0 Å². The number of rotatable bonds is 4. The molecular formula is C19H20O3. The van der Waals surface area contributed by atoms with Crippen LogP contribution < -0.4 is 4.74 Å². The number of carbonyl (C=O) groups is 1. The summed E-state index contributed by atoms with van der Waals surface area (Å²) in [4.78, 5) is 12.0. The fraction of sp³-hybridized carbons (Fsp3) is 0.316. The third-order valence-electron chi connectivity index (χ3n) is 4.09. The number of fused-ring (bicyclic) bond motifs is 1. The standard InChI is InChI=1S/C19H20O3/c1-21-19(20)17-11-15-9-5-6-10-16(15)12-18(17)22-13-14-7-3-2-4-8-14/h2-4,7-8,11-12H,5-6,9-10,13H2,1H3. The van der Waals surface area contributed by atoms with Gasteiger partial charge in [0.25, 0.3) is 0 Å². The van der Waals surface area contributed by atoms with Gasteiger partial charge in [-0.05, 0) is 54.5 Å². The molecule has 0 amide bonds.